The van der Waals surface area contributed by atoms with Crippen molar-refractivity contribution in [3.8, 4) is 0 Å². The molecule has 5 heteroatoms. The molecule has 1 saturated heterocycles. The molecule has 4 nitrogen and oxygen atoms in total. The highest BCUT2D eigenvalue weighted by atomic mass is 19.1. The lowest BCUT2D eigenvalue weighted by atomic mass is 10.1. The Balaban J connectivity index is 1.68. The molecule has 0 aromatic rings. The molecular formula is C9H15FN2O2. The molecule has 0 spiro atoms. The molecule has 0 aliphatic carbocycles. The van der Waals surface area contributed by atoms with Crippen molar-refractivity contribution in [2.45, 2.75) is 24.9 Å². The van der Waals surface area contributed by atoms with E-state index >= 15 is 0 Å². The molecule has 2 N–H and O–H groups in total. The molecule has 0 aromatic carbocycles. The molecule has 14 heavy (non-hydrogen) atoms. The summed E-state index contributed by atoms with van der Waals surface area (Å²) in [7, 11) is 0. The summed E-state index contributed by atoms with van der Waals surface area (Å²) in [6, 6.07) is -0.0796. The van der Waals surface area contributed by atoms with Crippen molar-refractivity contribution in [3.63, 3.8) is 0 Å². The van der Waals surface area contributed by atoms with Gasteiger partial charge < -0.3 is 20.1 Å². The van der Waals surface area contributed by atoms with E-state index < -0.39 is 6.17 Å². The maximum absolute atomic E-state index is 13.3. The fraction of sp³-hybridized carbons (Fsp3) is 0.778. The summed E-state index contributed by atoms with van der Waals surface area (Å²) in [6.45, 7) is 1.82. The van der Waals surface area contributed by atoms with Crippen LogP contribution in [0.25, 0.3) is 0 Å². The second-order valence-corrected chi connectivity index (χ2v) is 3.50. The molecular weight excluding hydrogens is 187 g/mol. The molecule has 2 atom stereocenters. The van der Waals surface area contributed by atoms with E-state index in [2.05, 4.69) is 10.6 Å². The first-order valence-electron chi connectivity index (χ1n) is 4.90. The van der Waals surface area contributed by atoms with Crippen LogP contribution in [0.15, 0.2) is 12.5 Å². The predicted octanol–water partition coefficient (Wildman–Crippen LogP) is 0.120. The average molecular weight is 202 g/mol. The fourth-order valence-corrected chi connectivity index (χ4v) is 1.67. The number of hydrogen-bond acceptors (Lipinski definition) is 4. The van der Waals surface area contributed by atoms with Crippen molar-refractivity contribution < 1.29 is 13.9 Å². The minimum absolute atomic E-state index is 0.0796. The first kappa shape index (κ1) is 9.73. The highest BCUT2D eigenvalue weighted by molar-refractivity contribution is 4.84. The quantitative estimate of drug-likeness (QED) is 0.682. The molecule has 2 aliphatic rings. The van der Waals surface area contributed by atoms with Gasteiger partial charge in [-0.15, -0.1) is 0 Å². The summed E-state index contributed by atoms with van der Waals surface area (Å²) in [4.78, 5) is 0. The second kappa shape index (κ2) is 4.61. The van der Waals surface area contributed by atoms with E-state index in [4.69, 9.17) is 9.47 Å². The number of ether oxygens (including phenoxy) is 2. The van der Waals surface area contributed by atoms with Gasteiger partial charge in [0.1, 0.15) is 18.7 Å². The maximum Gasteiger partial charge on any atom is 0.251 e. The SMILES string of the molecule is F[C@H]1CNCC[C@H]1NCC1OC=CO1. The molecule has 0 unspecified atom stereocenters. The van der Waals surface area contributed by atoms with Gasteiger partial charge in [-0.05, 0) is 13.0 Å². The number of halogens is 1. The van der Waals surface area contributed by atoms with E-state index in [-0.39, 0.29) is 12.3 Å². The van der Waals surface area contributed by atoms with Crippen LogP contribution in [0.5, 0.6) is 0 Å². The molecule has 80 valence electrons. The van der Waals surface area contributed by atoms with Crippen LogP contribution in [-0.4, -0.2) is 38.1 Å². The third-order valence-corrected chi connectivity index (χ3v) is 2.47. The van der Waals surface area contributed by atoms with Gasteiger partial charge in [-0.25, -0.2) is 4.39 Å². The van der Waals surface area contributed by atoms with E-state index in [0.717, 1.165) is 13.0 Å². The third kappa shape index (κ3) is 2.36. The summed E-state index contributed by atoms with van der Waals surface area (Å²) in [5.74, 6) is 0. The van der Waals surface area contributed by atoms with E-state index in [1.807, 2.05) is 0 Å². The Morgan fingerprint density at radius 2 is 2.21 bits per heavy atom. The van der Waals surface area contributed by atoms with Gasteiger partial charge in [0.2, 0.25) is 0 Å². The number of rotatable bonds is 3. The zero-order chi connectivity index (χ0) is 9.80. The standard InChI is InChI=1S/C9H15FN2O2/c10-7-5-11-2-1-8(7)12-6-9-13-3-4-14-9/h3-4,7-9,11-12H,1-2,5-6H2/t7-,8+/m0/s1. The minimum atomic E-state index is -0.821. The average Bonchev–Trinajstić information content (AvgIpc) is 2.69. The number of hydrogen-bond donors (Lipinski definition) is 2. The Morgan fingerprint density at radius 3 is 2.93 bits per heavy atom. The van der Waals surface area contributed by atoms with Gasteiger partial charge in [0.25, 0.3) is 6.29 Å². The zero-order valence-corrected chi connectivity index (χ0v) is 7.91. The Hall–Kier alpha value is -0.810. The van der Waals surface area contributed by atoms with Gasteiger partial charge in [-0.2, -0.15) is 0 Å². The van der Waals surface area contributed by atoms with E-state index in [1.165, 1.54) is 12.5 Å². The van der Waals surface area contributed by atoms with E-state index in [1.54, 1.807) is 0 Å². The largest absolute Gasteiger partial charge is 0.458 e. The zero-order valence-electron chi connectivity index (χ0n) is 7.91. The first-order valence-corrected chi connectivity index (χ1v) is 4.90. The number of nitrogens with one attached hydrogen (secondary N) is 2. The smallest absolute Gasteiger partial charge is 0.251 e. The van der Waals surface area contributed by atoms with Crippen molar-refractivity contribution in [3.05, 3.63) is 12.5 Å². The van der Waals surface area contributed by atoms with Crippen molar-refractivity contribution in [1.82, 2.24) is 10.6 Å². The molecule has 2 aliphatic heterocycles. The van der Waals surface area contributed by atoms with Crippen LogP contribution >= 0.6 is 0 Å². The predicted molar refractivity (Wildman–Crippen MR) is 49.3 cm³/mol. The summed E-state index contributed by atoms with van der Waals surface area (Å²) in [5.41, 5.74) is 0. The molecule has 0 bridgehead atoms. The Bertz CT molecular complexity index is 205. The van der Waals surface area contributed by atoms with Crippen LogP contribution in [0.4, 0.5) is 4.39 Å². The summed E-state index contributed by atoms with van der Waals surface area (Å²) in [6.07, 6.45) is 2.69. The maximum atomic E-state index is 13.3. The normalized spacial score (nSPS) is 32.6. The Kier molecular flexibility index (Phi) is 3.21. The highest BCUT2D eigenvalue weighted by Crippen LogP contribution is 2.09. The first-order chi connectivity index (χ1) is 6.86. The molecule has 0 aromatic heterocycles. The van der Waals surface area contributed by atoms with Gasteiger partial charge >= 0.3 is 0 Å². The summed E-state index contributed by atoms with van der Waals surface area (Å²) < 4.78 is 23.5. The summed E-state index contributed by atoms with van der Waals surface area (Å²) in [5, 5.41) is 6.11. The second-order valence-electron chi connectivity index (χ2n) is 3.50. The van der Waals surface area contributed by atoms with Crippen LogP contribution < -0.4 is 10.6 Å². The molecule has 0 amide bonds. The number of alkyl halides is 1. The van der Waals surface area contributed by atoms with Crippen LogP contribution in [0.3, 0.4) is 0 Å². The van der Waals surface area contributed by atoms with Crippen LogP contribution in [-0.2, 0) is 9.47 Å². The van der Waals surface area contributed by atoms with Crippen LogP contribution in [0.2, 0.25) is 0 Å². The van der Waals surface area contributed by atoms with Gasteiger partial charge in [0, 0.05) is 12.6 Å². The number of piperidine rings is 1. The monoisotopic (exact) mass is 202 g/mol. The van der Waals surface area contributed by atoms with E-state index in [9.17, 15) is 4.39 Å². The van der Waals surface area contributed by atoms with Gasteiger partial charge in [-0.3, -0.25) is 0 Å². The minimum Gasteiger partial charge on any atom is -0.458 e. The van der Waals surface area contributed by atoms with Crippen LogP contribution in [0, 0.1) is 0 Å². The topological polar surface area (TPSA) is 42.5 Å². The third-order valence-electron chi connectivity index (χ3n) is 2.47. The van der Waals surface area contributed by atoms with Crippen molar-refractivity contribution in [1.29, 1.82) is 0 Å². The fourth-order valence-electron chi connectivity index (χ4n) is 1.67. The van der Waals surface area contributed by atoms with Crippen molar-refractivity contribution in [2.75, 3.05) is 19.6 Å². The van der Waals surface area contributed by atoms with Gasteiger partial charge in [0.15, 0.2) is 0 Å². The molecule has 0 saturated carbocycles. The van der Waals surface area contributed by atoms with Crippen molar-refractivity contribution in [2.24, 2.45) is 0 Å². The molecule has 2 heterocycles. The lowest BCUT2D eigenvalue weighted by Crippen LogP contribution is -2.50. The van der Waals surface area contributed by atoms with Crippen LogP contribution in [0.1, 0.15) is 6.42 Å². The van der Waals surface area contributed by atoms with Gasteiger partial charge in [-0.1, -0.05) is 0 Å². The van der Waals surface area contributed by atoms with Crippen molar-refractivity contribution >= 4 is 0 Å². The lowest BCUT2D eigenvalue weighted by molar-refractivity contribution is -0.0243. The van der Waals surface area contributed by atoms with E-state index in [0.29, 0.717) is 13.1 Å². The molecule has 1 fully saturated rings. The Morgan fingerprint density at radius 1 is 1.43 bits per heavy atom. The summed E-state index contributed by atoms with van der Waals surface area (Å²) >= 11 is 0. The lowest BCUT2D eigenvalue weighted by Gasteiger charge is -2.28. The van der Waals surface area contributed by atoms with Gasteiger partial charge in [0.05, 0.1) is 6.54 Å². The molecule has 2 rings (SSSR count). The Labute approximate surface area is 82.4 Å². The molecule has 0 radical (unpaired) electrons. The highest BCUT2D eigenvalue weighted by Gasteiger charge is 2.25.